The molecule has 2 aromatic carbocycles. The Morgan fingerprint density at radius 1 is 1.12 bits per heavy atom. The van der Waals surface area contributed by atoms with Gasteiger partial charge in [-0.05, 0) is 41.8 Å². The van der Waals surface area contributed by atoms with Crippen molar-refractivity contribution in [1.82, 2.24) is 25.2 Å². The number of nitrogens with one attached hydrogen (secondary N) is 2. The molecule has 0 saturated heterocycles. The van der Waals surface area contributed by atoms with Crippen molar-refractivity contribution in [1.29, 1.82) is 0 Å². The van der Waals surface area contributed by atoms with Crippen LogP contribution in [-0.2, 0) is 13.0 Å². The monoisotopic (exact) mass is 571 g/mol. The molecule has 2 amide bonds. The molecule has 0 unspecified atom stereocenters. The van der Waals surface area contributed by atoms with Crippen LogP contribution in [0.15, 0.2) is 54.7 Å². The minimum atomic E-state index is -4.89. The first-order valence-corrected chi connectivity index (χ1v) is 12.2. The van der Waals surface area contributed by atoms with Crippen molar-refractivity contribution in [3.05, 3.63) is 94.2 Å². The van der Waals surface area contributed by atoms with E-state index >= 15 is 0 Å². The summed E-state index contributed by atoms with van der Waals surface area (Å²) in [4.78, 5) is 41.9. The Bertz CT molecular complexity index is 1690. The van der Waals surface area contributed by atoms with Crippen molar-refractivity contribution >= 4 is 23.2 Å². The number of halogens is 4. The molecule has 1 aliphatic rings. The highest BCUT2D eigenvalue weighted by Crippen LogP contribution is 2.33. The van der Waals surface area contributed by atoms with Crippen LogP contribution in [0.4, 0.5) is 17.6 Å². The van der Waals surface area contributed by atoms with Gasteiger partial charge in [0.05, 0.1) is 18.3 Å². The number of hydrogen-bond acceptors (Lipinski definition) is 7. The average molecular weight is 571 g/mol. The van der Waals surface area contributed by atoms with E-state index in [4.69, 9.17) is 0 Å². The molecule has 14 heteroatoms. The van der Waals surface area contributed by atoms with Crippen molar-refractivity contribution in [3.63, 3.8) is 0 Å². The van der Waals surface area contributed by atoms with Gasteiger partial charge in [-0.25, -0.2) is 13.9 Å². The first-order valence-electron chi connectivity index (χ1n) is 12.2. The fourth-order valence-corrected chi connectivity index (χ4v) is 4.58. The molecule has 2 atom stereocenters. The molecule has 0 radical (unpaired) electrons. The molecule has 5 rings (SSSR count). The second kappa shape index (κ2) is 10.6. The zero-order valence-electron chi connectivity index (χ0n) is 21.2. The molecule has 212 valence electrons. The summed E-state index contributed by atoms with van der Waals surface area (Å²) in [7, 11) is 0. The zero-order chi connectivity index (χ0) is 29.5. The Morgan fingerprint density at radius 3 is 2.63 bits per heavy atom. The number of alkyl halides is 3. The van der Waals surface area contributed by atoms with Crippen molar-refractivity contribution in [3.8, 4) is 5.75 Å². The highest BCUT2D eigenvalue weighted by molar-refractivity contribution is 5.98. The fourth-order valence-electron chi connectivity index (χ4n) is 4.58. The topological polar surface area (TPSA) is 135 Å². The number of amides is 2. The summed E-state index contributed by atoms with van der Waals surface area (Å²) in [6, 6.07) is 10.0. The van der Waals surface area contributed by atoms with Crippen molar-refractivity contribution in [2.45, 2.75) is 38.4 Å². The van der Waals surface area contributed by atoms with Gasteiger partial charge in [-0.3, -0.25) is 14.4 Å². The first kappa shape index (κ1) is 27.7. The van der Waals surface area contributed by atoms with Crippen LogP contribution in [-0.4, -0.2) is 49.8 Å². The van der Waals surface area contributed by atoms with E-state index in [0.29, 0.717) is 16.7 Å². The number of nitrogens with zero attached hydrogens (tertiary/aromatic N) is 3. The number of Topliss-reactive ketones (excluding diaryl/α,β-unsaturated/α-hetero) is 1. The molecule has 4 aromatic rings. The second-order valence-electron chi connectivity index (χ2n) is 9.32. The van der Waals surface area contributed by atoms with Gasteiger partial charge in [0.2, 0.25) is 0 Å². The molecule has 0 aliphatic heterocycles. The normalized spacial score (nSPS) is 16.3. The van der Waals surface area contributed by atoms with Gasteiger partial charge in [0.25, 0.3) is 11.8 Å². The lowest BCUT2D eigenvalue weighted by molar-refractivity contribution is -0.274. The molecule has 0 saturated carbocycles. The van der Waals surface area contributed by atoms with Crippen LogP contribution in [0.1, 0.15) is 61.0 Å². The van der Waals surface area contributed by atoms with Crippen LogP contribution < -0.4 is 15.4 Å². The third-order valence-electron chi connectivity index (χ3n) is 6.46. The zero-order valence-corrected chi connectivity index (χ0v) is 21.2. The summed E-state index contributed by atoms with van der Waals surface area (Å²) in [6.45, 7) is 1.19. The summed E-state index contributed by atoms with van der Waals surface area (Å²) in [5.41, 5.74) is 0.987. The van der Waals surface area contributed by atoms with Gasteiger partial charge in [0, 0.05) is 24.6 Å². The lowest BCUT2D eigenvalue weighted by Gasteiger charge is -2.18. The molecular formula is C27H21F4N5O5. The maximum absolute atomic E-state index is 14.4. The second-order valence-corrected chi connectivity index (χ2v) is 9.32. The van der Waals surface area contributed by atoms with Crippen molar-refractivity contribution < 1.29 is 41.8 Å². The van der Waals surface area contributed by atoms with Gasteiger partial charge in [0.15, 0.2) is 17.2 Å². The average Bonchev–Trinajstić information content (AvgIpc) is 3.44. The number of ether oxygens (including phenoxy) is 1. The number of aliphatic hydroxyl groups is 1. The van der Waals surface area contributed by atoms with Gasteiger partial charge in [-0.15, -0.1) is 13.2 Å². The number of ketones is 1. The molecule has 1 aliphatic carbocycles. The van der Waals surface area contributed by atoms with Crippen LogP contribution in [0.3, 0.4) is 0 Å². The van der Waals surface area contributed by atoms with Crippen molar-refractivity contribution in [2.24, 2.45) is 0 Å². The Kier molecular flexibility index (Phi) is 7.17. The lowest BCUT2D eigenvalue weighted by atomic mass is 10.0. The number of aliphatic hydroxyl groups excluding tert-OH is 1. The SMILES string of the molecule is CC(=O)c1ccc2c(c1)C[C@H](O)[C@@H]2NC(=O)c1cc(C(=O)NCc2cccc(OC(F)(F)F)c2)nc2c(F)cnn12. The van der Waals surface area contributed by atoms with E-state index in [1.54, 1.807) is 18.2 Å². The molecule has 10 nitrogen and oxygen atoms in total. The molecule has 2 aromatic heterocycles. The highest BCUT2D eigenvalue weighted by Gasteiger charge is 2.34. The van der Waals surface area contributed by atoms with E-state index in [9.17, 15) is 37.1 Å². The summed E-state index contributed by atoms with van der Waals surface area (Å²) in [5.74, 6) is -3.17. The molecule has 2 heterocycles. The summed E-state index contributed by atoms with van der Waals surface area (Å²) in [6.07, 6.45) is -4.90. The number of rotatable bonds is 7. The Morgan fingerprint density at radius 2 is 1.90 bits per heavy atom. The Balaban J connectivity index is 1.38. The number of carbonyl (C=O) groups excluding carboxylic acids is 3. The molecule has 0 spiro atoms. The molecule has 0 bridgehead atoms. The minimum Gasteiger partial charge on any atom is -0.406 e. The summed E-state index contributed by atoms with van der Waals surface area (Å²) in [5, 5.41) is 19.6. The smallest absolute Gasteiger partial charge is 0.406 e. The van der Waals surface area contributed by atoms with E-state index in [2.05, 4.69) is 25.5 Å². The van der Waals surface area contributed by atoms with E-state index in [1.165, 1.54) is 19.1 Å². The summed E-state index contributed by atoms with van der Waals surface area (Å²) < 4.78 is 56.8. The van der Waals surface area contributed by atoms with E-state index in [-0.39, 0.29) is 35.7 Å². The highest BCUT2D eigenvalue weighted by atomic mass is 19.4. The van der Waals surface area contributed by atoms with Gasteiger partial charge in [0.1, 0.15) is 17.1 Å². The quantitative estimate of drug-likeness (QED) is 0.229. The number of carbonyl (C=O) groups is 3. The number of benzene rings is 2. The third-order valence-corrected chi connectivity index (χ3v) is 6.46. The minimum absolute atomic E-state index is 0.150. The van der Waals surface area contributed by atoms with Crippen LogP contribution in [0.5, 0.6) is 5.75 Å². The van der Waals surface area contributed by atoms with E-state index < -0.39 is 47.5 Å². The largest absolute Gasteiger partial charge is 0.573 e. The number of aromatic nitrogens is 3. The number of hydrogen-bond donors (Lipinski definition) is 3. The predicted octanol–water partition coefficient (Wildman–Crippen LogP) is 3.29. The fraction of sp³-hybridized carbons (Fsp3) is 0.222. The predicted molar refractivity (Wildman–Crippen MR) is 134 cm³/mol. The first-order chi connectivity index (χ1) is 19.4. The maximum atomic E-state index is 14.4. The molecular weight excluding hydrogens is 550 g/mol. The lowest BCUT2D eigenvalue weighted by Crippen LogP contribution is -2.35. The van der Waals surface area contributed by atoms with Crippen molar-refractivity contribution in [2.75, 3.05) is 0 Å². The summed E-state index contributed by atoms with van der Waals surface area (Å²) >= 11 is 0. The molecule has 41 heavy (non-hydrogen) atoms. The van der Waals surface area contributed by atoms with Crippen LogP contribution >= 0.6 is 0 Å². The Hall–Kier alpha value is -4.85. The standard InChI is InChI=1S/C27H21F4N5O5/c1-13(37)15-5-6-18-16(8-15)9-22(38)23(18)35-26(40)21-10-20(34-24-19(28)12-33-36(21)24)25(39)32-11-14-3-2-4-17(7-14)41-27(29,30)31/h2-8,10,12,22-23,38H,9,11H2,1H3,(H,32,39)(H,35,40)/t22-,23+/m0/s1. The van der Waals surface area contributed by atoms with Gasteiger partial charge in [-0.2, -0.15) is 5.10 Å². The van der Waals surface area contributed by atoms with Gasteiger partial charge < -0.3 is 20.5 Å². The van der Waals surface area contributed by atoms with Crippen LogP contribution in [0.25, 0.3) is 5.65 Å². The molecule has 3 N–H and O–H groups in total. The molecule has 0 fully saturated rings. The van der Waals surface area contributed by atoms with Gasteiger partial charge >= 0.3 is 6.36 Å². The third kappa shape index (κ3) is 5.87. The Labute approximate surface area is 229 Å². The van der Waals surface area contributed by atoms with Crippen LogP contribution in [0, 0.1) is 5.82 Å². The van der Waals surface area contributed by atoms with Crippen LogP contribution in [0.2, 0.25) is 0 Å². The number of fused-ring (bicyclic) bond motifs is 2. The maximum Gasteiger partial charge on any atom is 0.573 e. The van der Waals surface area contributed by atoms with E-state index in [1.807, 2.05) is 0 Å². The van der Waals surface area contributed by atoms with E-state index in [0.717, 1.165) is 28.9 Å². The van der Waals surface area contributed by atoms with Gasteiger partial charge in [-0.1, -0.05) is 24.3 Å².